The largest absolute Gasteiger partial charge is 0.439 e. The molecule has 1 unspecified atom stereocenters. The van der Waals surface area contributed by atoms with Crippen molar-refractivity contribution in [3.8, 4) is 5.75 Å². The standard InChI is InChI=1S/C20H21N2O2S/c1-3-21-15-9-5-6-10-16(15)23-18(21)12-7-13-19-22(4-2)20-17(24-19)11-8-14-25-20/h5-14,19H,3-4H2,1-2H3/q+1. The molecule has 0 saturated carbocycles. The van der Waals surface area contributed by atoms with Crippen LogP contribution in [-0.2, 0) is 4.74 Å². The molecule has 1 aromatic rings. The van der Waals surface area contributed by atoms with Crippen LogP contribution in [-0.4, -0.2) is 28.9 Å². The summed E-state index contributed by atoms with van der Waals surface area (Å²) in [5, 5.41) is 3.27. The van der Waals surface area contributed by atoms with Crippen LogP contribution in [0.2, 0.25) is 0 Å². The van der Waals surface area contributed by atoms with E-state index in [9.17, 15) is 0 Å². The lowest BCUT2D eigenvalue weighted by atomic mass is 10.3. The van der Waals surface area contributed by atoms with E-state index in [0.29, 0.717) is 0 Å². The van der Waals surface area contributed by atoms with Crippen LogP contribution in [0.3, 0.4) is 0 Å². The van der Waals surface area contributed by atoms with Crippen molar-refractivity contribution in [2.24, 2.45) is 0 Å². The van der Waals surface area contributed by atoms with Crippen LogP contribution >= 0.6 is 11.8 Å². The molecular weight excluding hydrogens is 332 g/mol. The lowest BCUT2D eigenvalue weighted by molar-refractivity contribution is -0.575. The predicted molar refractivity (Wildman–Crippen MR) is 103 cm³/mol. The molecule has 4 nitrogen and oxygen atoms in total. The molecule has 0 amide bonds. The smallest absolute Gasteiger partial charge is 0.318 e. The molecule has 5 heteroatoms. The summed E-state index contributed by atoms with van der Waals surface area (Å²) in [4.78, 5) is 2.17. The molecular formula is C20H21N2O2S+. The Hall–Kier alpha value is -2.40. The Bertz CT molecular complexity index is 836. The van der Waals surface area contributed by atoms with Crippen molar-refractivity contribution in [1.29, 1.82) is 0 Å². The summed E-state index contributed by atoms with van der Waals surface area (Å²) < 4.78 is 14.3. The van der Waals surface area contributed by atoms with Crippen molar-refractivity contribution in [2.45, 2.75) is 20.1 Å². The van der Waals surface area contributed by atoms with Crippen LogP contribution in [0.1, 0.15) is 13.8 Å². The molecule has 0 bridgehead atoms. The average Bonchev–Trinajstić information content (AvgIpc) is 3.18. The number of allylic oxidation sites excluding steroid dienone is 4. The summed E-state index contributed by atoms with van der Waals surface area (Å²) in [7, 11) is 0. The third-order valence-electron chi connectivity index (χ3n) is 4.34. The van der Waals surface area contributed by atoms with Crippen LogP contribution in [0.15, 0.2) is 71.7 Å². The van der Waals surface area contributed by atoms with E-state index in [2.05, 4.69) is 40.9 Å². The lowest BCUT2D eigenvalue weighted by Crippen LogP contribution is -2.22. The number of para-hydroxylation sites is 2. The monoisotopic (exact) mass is 353 g/mol. The quantitative estimate of drug-likeness (QED) is 0.756. The zero-order chi connectivity index (χ0) is 17.2. The lowest BCUT2D eigenvalue weighted by Gasteiger charge is -2.14. The first-order chi connectivity index (χ1) is 12.3. The van der Waals surface area contributed by atoms with Crippen molar-refractivity contribution in [1.82, 2.24) is 0 Å². The second-order valence-electron chi connectivity index (χ2n) is 5.78. The van der Waals surface area contributed by atoms with Gasteiger partial charge in [-0.05, 0) is 55.3 Å². The molecule has 3 aliphatic rings. The minimum absolute atomic E-state index is 0.0747. The molecule has 25 heavy (non-hydrogen) atoms. The number of fused-ring (bicyclic) bond motifs is 2. The predicted octanol–water partition coefficient (Wildman–Crippen LogP) is 4.23. The molecule has 1 aromatic carbocycles. The molecule has 3 aliphatic heterocycles. The van der Waals surface area contributed by atoms with Gasteiger partial charge >= 0.3 is 6.23 Å². The van der Waals surface area contributed by atoms with Gasteiger partial charge in [-0.15, -0.1) is 0 Å². The first-order valence-corrected chi connectivity index (χ1v) is 9.46. The zero-order valence-electron chi connectivity index (χ0n) is 14.4. The molecule has 3 heterocycles. The Labute approximate surface area is 152 Å². The van der Waals surface area contributed by atoms with Crippen molar-refractivity contribution < 1.29 is 14.0 Å². The summed E-state index contributed by atoms with van der Waals surface area (Å²) in [6.45, 7) is 6.04. The van der Waals surface area contributed by atoms with Crippen molar-refractivity contribution in [3.05, 3.63) is 71.7 Å². The van der Waals surface area contributed by atoms with Crippen molar-refractivity contribution >= 4 is 22.5 Å². The normalized spacial score (nSPS) is 23.0. The first-order valence-electron chi connectivity index (χ1n) is 8.58. The van der Waals surface area contributed by atoms with Gasteiger partial charge in [0, 0.05) is 12.6 Å². The molecule has 0 aromatic heterocycles. The van der Waals surface area contributed by atoms with Crippen LogP contribution in [0.4, 0.5) is 5.69 Å². The maximum absolute atomic E-state index is 6.06. The highest BCUT2D eigenvalue weighted by molar-refractivity contribution is 8.16. The summed E-state index contributed by atoms with van der Waals surface area (Å²) in [5.41, 5.74) is 1.12. The number of ether oxygens (including phenoxy) is 2. The van der Waals surface area contributed by atoms with Gasteiger partial charge in [0.05, 0.1) is 5.69 Å². The van der Waals surface area contributed by atoms with Gasteiger partial charge in [-0.2, -0.15) is 4.58 Å². The minimum atomic E-state index is -0.0747. The Morgan fingerprint density at radius 1 is 1.28 bits per heavy atom. The van der Waals surface area contributed by atoms with Crippen LogP contribution in [0, 0.1) is 0 Å². The molecule has 0 N–H and O–H groups in total. The van der Waals surface area contributed by atoms with E-state index < -0.39 is 0 Å². The fourth-order valence-corrected chi connectivity index (χ4v) is 4.06. The summed E-state index contributed by atoms with van der Waals surface area (Å²) >= 11 is 1.71. The van der Waals surface area contributed by atoms with Crippen molar-refractivity contribution in [2.75, 3.05) is 18.0 Å². The fraction of sp³-hybridized carbons (Fsp3) is 0.250. The van der Waals surface area contributed by atoms with E-state index in [1.165, 1.54) is 5.04 Å². The number of anilines is 1. The summed E-state index contributed by atoms with van der Waals surface area (Å²) in [6.07, 6.45) is 10.1. The van der Waals surface area contributed by atoms with E-state index >= 15 is 0 Å². The van der Waals surface area contributed by atoms with E-state index in [1.807, 2.05) is 42.5 Å². The van der Waals surface area contributed by atoms with Gasteiger partial charge in [-0.3, -0.25) is 0 Å². The third kappa shape index (κ3) is 2.89. The van der Waals surface area contributed by atoms with E-state index in [1.54, 1.807) is 11.8 Å². The number of rotatable bonds is 4. The highest BCUT2D eigenvalue weighted by Gasteiger charge is 2.36. The second-order valence-corrected chi connectivity index (χ2v) is 6.68. The van der Waals surface area contributed by atoms with Gasteiger partial charge in [-0.1, -0.05) is 24.3 Å². The molecule has 0 spiro atoms. The molecule has 0 aliphatic carbocycles. The third-order valence-corrected chi connectivity index (χ3v) is 5.29. The van der Waals surface area contributed by atoms with E-state index in [-0.39, 0.29) is 6.23 Å². The van der Waals surface area contributed by atoms with Gasteiger partial charge in [0.25, 0.3) is 5.04 Å². The molecule has 4 rings (SSSR count). The number of benzene rings is 1. The molecule has 0 saturated heterocycles. The highest BCUT2D eigenvalue weighted by atomic mass is 32.2. The molecule has 0 fully saturated rings. The molecule has 0 radical (unpaired) electrons. The number of thioether (sulfide) groups is 1. The average molecular weight is 353 g/mol. The van der Waals surface area contributed by atoms with Crippen molar-refractivity contribution in [3.63, 3.8) is 0 Å². The number of likely N-dealkylation sites (N-methyl/N-ethyl adjacent to an activating group) is 1. The maximum atomic E-state index is 6.06. The Balaban J connectivity index is 1.54. The van der Waals surface area contributed by atoms with Gasteiger partial charge in [-0.25, -0.2) is 0 Å². The molecule has 128 valence electrons. The van der Waals surface area contributed by atoms with Crippen LogP contribution < -0.4 is 9.64 Å². The highest BCUT2D eigenvalue weighted by Crippen LogP contribution is 2.38. The Kier molecular flexibility index (Phi) is 4.40. The number of nitrogens with zero attached hydrogens (tertiary/aromatic N) is 2. The van der Waals surface area contributed by atoms with Gasteiger partial charge in [0.2, 0.25) is 11.6 Å². The first kappa shape index (κ1) is 16.1. The van der Waals surface area contributed by atoms with Gasteiger partial charge < -0.3 is 14.4 Å². The number of hydrogen-bond acceptors (Lipinski definition) is 4. The summed E-state index contributed by atoms with van der Waals surface area (Å²) in [6, 6.07) is 8.11. The SMILES string of the molecule is CCN1C(=CC=CC2OC3=CC=CSC3=[N+]2CC)Oc2ccccc21. The minimum Gasteiger partial charge on any atom is -0.439 e. The second kappa shape index (κ2) is 6.84. The van der Waals surface area contributed by atoms with E-state index in [0.717, 1.165) is 36.2 Å². The fourth-order valence-electron chi connectivity index (χ4n) is 3.17. The number of hydrogen-bond donors (Lipinski definition) is 0. The summed E-state index contributed by atoms with van der Waals surface area (Å²) in [5.74, 6) is 2.71. The Morgan fingerprint density at radius 3 is 3.00 bits per heavy atom. The van der Waals surface area contributed by atoms with Crippen LogP contribution in [0.5, 0.6) is 5.75 Å². The van der Waals surface area contributed by atoms with Crippen LogP contribution in [0.25, 0.3) is 0 Å². The molecule has 1 atom stereocenters. The zero-order valence-corrected chi connectivity index (χ0v) is 15.2. The van der Waals surface area contributed by atoms with Gasteiger partial charge in [0.15, 0.2) is 5.75 Å². The topological polar surface area (TPSA) is 24.7 Å². The maximum Gasteiger partial charge on any atom is 0.318 e. The van der Waals surface area contributed by atoms with Gasteiger partial charge in [0.1, 0.15) is 6.54 Å². The van der Waals surface area contributed by atoms with E-state index in [4.69, 9.17) is 9.47 Å². The Morgan fingerprint density at radius 2 is 2.16 bits per heavy atom.